The monoisotopic (exact) mass is 379 g/mol. The number of piperidine rings is 1. The van der Waals surface area contributed by atoms with E-state index in [1.807, 2.05) is 4.90 Å². The first-order valence-electron chi connectivity index (χ1n) is 8.95. The van der Waals surface area contributed by atoms with E-state index in [1.165, 1.54) is 12.3 Å². The number of benzene rings is 1. The molecule has 3 rings (SSSR count). The van der Waals surface area contributed by atoms with Crippen molar-refractivity contribution in [2.75, 3.05) is 26.2 Å². The summed E-state index contributed by atoms with van der Waals surface area (Å²) in [5.74, 6) is -0.891. The highest BCUT2D eigenvalue weighted by molar-refractivity contribution is 6.04. The molecule has 1 aromatic rings. The molecule has 0 aliphatic carbocycles. The molecule has 0 saturated carbocycles. The quantitative estimate of drug-likeness (QED) is 0.446. The van der Waals surface area contributed by atoms with Gasteiger partial charge in [0.15, 0.2) is 7.98 Å². The van der Waals surface area contributed by atoms with Gasteiger partial charge in [0, 0.05) is 30.4 Å². The van der Waals surface area contributed by atoms with E-state index in [1.54, 1.807) is 11.7 Å². The summed E-state index contributed by atoms with van der Waals surface area (Å²) in [5.41, 5.74) is 0.482. The summed E-state index contributed by atoms with van der Waals surface area (Å²) >= 11 is 0. The summed E-state index contributed by atoms with van der Waals surface area (Å²) < 4.78 is 53.3. The largest absolute Gasteiger partial charge is 0.393 e. The Balaban J connectivity index is 1.84. The van der Waals surface area contributed by atoms with Gasteiger partial charge in [-0.25, -0.2) is 4.39 Å². The molecule has 2 fully saturated rings. The van der Waals surface area contributed by atoms with Crippen molar-refractivity contribution >= 4 is 25.6 Å². The Bertz CT molecular complexity index is 744. The summed E-state index contributed by atoms with van der Waals surface area (Å²) in [6.45, 7) is 8.68. The highest BCUT2D eigenvalue weighted by atomic mass is 19.4. The maximum absolute atomic E-state index is 15.0. The number of aliphatic imine (C=N–C) groups is 1. The van der Waals surface area contributed by atoms with Crippen molar-refractivity contribution in [3.05, 3.63) is 35.7 Å². The molecule has 2 saturated heterocycles. The minimum absolute atomic E-state index is 0.0564. The van der Waals surface area contributed by atoms with Crippen LogP contribution in [0.25, 0.3) is 5.70 Å². The van der Waals surface area contributed by atoms with Gasteiger partial charge in [0.1, 0.15) is 5.82 Å². The van der Waals surface area contributed by atoms with Crippen molar-refractivity contribution in [2.45, 2.75) is 32.4 Å². The Morgan fingerprint density at radius 1 is 1.30 bits per heavy atom. The second kappa shape index (κ2) is 7.30. The fraction of sp³-hybridized carbons (Fsp3) is 0.526. The van der Waals surface area contributed by atoms with Crippen molar-refractivity contribution in [2.24, 2.45) is 10.4 Å². The van der Waals surface area contributed by atoms with Gasteiger partial charge in [-0.15, -0.1) is 0 Å². The predicted molar refractivity (Wildman–Crippen MR) is 99.6 cm³/mol. The van der Waals surface area contributed by atoms with Crippen molar-refractivity contribution in [1.82, 2.24) is 9.71 Å². The summed E-state index contributed by atoms with van der Waals surface area (Å²) in [6, 6.07) is 2.57. The first-order chi connectivity index (χ1) is 12.6. The van der Waals surface area contributed by atoms with Gasteiger partial charge in [0.25, 0.3) is 0 Å². The zero-order chi connectivity index (χ0) is 19.8. The molecule has 1 spiro atoms. The highest BCUT2D eigenvalue weighted by Gasteiger charge is 2.45. The normalized spacial score (nSPS) is 20.3. The maximum Gasteiger partial charge on any atom is 0.393 e. The van der Waals surface area contributed by atoms with Gasteiger partial charge in [-0.3, -0.25) is 4.99 Å². The van der Waals surface area contributed by atoms with Gasteiger partial charge in [-0.2, -0.15) is 13.2 Å². The van der Waals surface area contributed by atoms with Gasteiger partial charge in [0.2, 0.25) is 0 Å². The van der Waals surface area contributed by atoms with Crippen LogP contribution in [-0.4, -0.2) is 56.3 Å². The van der Waals surface area contributed by atoms with E-state index in [-0.39, 0.29) is 16.5 Å². The molecule has 0 aromatic heterocycles. The average molecular weight is 379 g/mol. The van der Waals surface area contributed by atoms with Crippen LogP contribution < -0.4 is 0 Å². The lowest BCUT2D eigenvalue weighted by Crippen LogP contribution is -2.59. The lowest BCUT2D eigenvalue weighted by Gasteiger charge is -2.55. The van der Waals surface area contributed by atoms with E-state index >= 15 is 0 Å². The van der Waals surface area contributed by atoms with Crippen LogP contribution in [0.3, 0.4) is 0 Å². The molecule has 1 aromatic carbocycles. The van der Waals surface area contributed by atoms with Crippen LogP contribution in [0.5, 0.6) is 0 Å². The van der Waals surface area contributed by atoms with Crippen LogP contribution in [0.1, 0.15) is 30.9 Å². The van der Waals surface area contributed by atoms with E-state index in [9.17, 15) is 17.6 Å². The van der Waals surface area contributed by atoms with Crippen molar-refractivity contribution in [3.8, 4) is 0 Å². The molecular weight excluding hydrogens is 357 g/mol. The molecular formula is C19H22BF4N3. The van der Waals surface area contributed by atoms with Crippen molar-refractivity contribution in [3.63, 3.8) is 0 Å². The number of halogens is 4. The summed E-state index contributed by atoms with van der Waals surface area (Å²) in [6.07, 6.45) is -2.41. The molecule has 0 unspecified atom stereocenters. The minimum Gasteiger partial charge on any atom is -0.370 e. The third kappa shape index (κ3) is 4.20. The maximum atomic E-state index is 15.0. The van der Waals surface area contributed by atoms with E-state index in [0.29, 0.717) is 24.5 Å². The van der Waals surface area contributed by atoms with Crippen LogP contribution in [0.15, 0.2) is 23.7 Å². The van der Waals surface area contributed by atoms with Crippen molar-refractivity contribution in [1.29, 1.82) is 0 Å². The summed E-state index contributed by atoms with van der Waals surface area (Å²) in [5, 5.41) is 0. The summed E-state index contributed by atoms with van der Waals surface area (Å²) in [7, 11) is 5.81. The number of hydrogen-bond acceptors (Lipinski definition) is 3. The molecule has 0 bridgehead atoms. The topological polar surface area (TPSA) is 18.8 Å². The van der Waals surface area contributed by atoms with Crippen LogP contribution in [0.4, 0.5) is 23.2 Å². The Morgan fingerprint density at radius 3 is 2.48 bits per heavy atom. The number of hydrogen-bond donors (Lipinski definition) is 0. The van der Waals surface area contributed by atoms with Gasteiger partial charge in [-0.05, 0) is 44.5 Å². The van der Waals surface area contributed by atoms with E-state index < -0.39 is 18.4 Å². The van der Waals surface area contributed by atoms with Crippen LogP contribution in [0.2, 0.25) is 0 Å². The molecule has 0 N–H and O–H groups in total. The first kappa shape index (κ1) is 19.9. The summed E-state index contributed by atoms with van der Waals surface area (Å²) in [4.78, 5) is 7.84. The van der Waals surface area contributed by atoms with Crippen LogP contribution >= 0.6 is 0 Å². The van der Waals surface area contributed by atoms with Gasteiger partial charge in [0.05, 0.1) is 17.7 Å². The SMILES string of the molecule is [B]N1CCC2(CC1)CN(C(=C)c1c(N=CC)ccc(CC(F)(F)F)c1F)C2. The van der Waals surface area contributed by atoms with Crippen molar-refractivity contribution < 1.29 is 17.6 Å². The third-order valence-electron chi connectivity index (χ3n) is 5.44. The molecule has 144 valence electrons. The third-order valence-corrected chi connectivity index (χ3v) is 5.44. The molecule has 2 aliphatic rings. The first-order valence-corrected chi connectivity index (χ1v) is 8.95. The zero-order valence-corrected chi connectivity index (χ0v) is 15.3. The Kier molecular flexibility index (Phi) is 5.39. The fourth-order valence-electron chi connectivity index (χ4n) is 3.91. The van der Waals surface area contributed by atoms with E-state index in [2.05, 4.69) is 11.6 Å². The lowest BCUT2D eigenvalue weighted by molar-refractivity contribution is -0.127. The van der Waals surface area contributed by atoms with Gasteiger partial charge in [-0.1, -0.05) is 12.6 Å². The Labute approximate surface area is 158 Å². The van der Waals surface area contributed by atoms with E-state index in [4.69, 9.17) is 7.98 Å². The molecule has 2 aliphatic heterocycles. The second-order valence-electron chi connectivity index (χ2n) is 7.45. The smallest absolute Gasteiger partial charge is 0.370 e. The molecule has 2 heterocycles. The Morgan fingerprint density at radius 2 is 1.93 bits per heavy atom. The lowest BCUT2D eigenvalue weighted by atomic mass is 9.71. The van der Waals surface area contributed by atoms with Gasteiger partial charge < -0.3 is 9.71 Å². The Hall–Kier alpha value is -1.83. The van der Waals surface area contributed by atoms with Gasteiger partial charge >= 0.3 is 6.18 Å². The molecule has 0 atom stereocenters. The average Bonchev–Trinajstić information content (AvgIpc) is 2.55. The standard InChI is InChI=1S/C19H22BF4N3/c1-3-25-15-5-4-14(10-19(22,23)24)17(21)16(15)13(2)26-11-18(12-26)6-8-27(20)9-7-18/h3-5H,2,6-12H2,1H3. The highest BCUT2D eigenvalue weighted by Crippen LogP contribution is 2.45. The molecule has 27 heavy (non-hydrogen) atoms. The van der Waals surface area contributed by atoms with Crippen LogP contribution in [0, 0.1) is 11.2 Å². The predicted octanol–water partition coefficient (Wildman–Crippen LogP) is 4.10. The molecule has 3 nitrogen and oxygen atoms in total. The van der Waals surface area contributed by atoms with E-state index in [0.717, 1.165) is 32.0 Å². The number of nitrogens with zero attached hydrogens (tertiary/aromatic N) is 3. The number of rotatable bonds is 4. The number of alkyl halides is 3. The minimum atomic E-state index is -4.48. The van der Waals surface area contributed by atoms with Crippen LogP contribution in [-0.2, 0) is 6.42 Å². The number of likely N-dealkylation sites (tertiary alicyclic amines) is 1. The molecule has 0 amide bonds. The zero-order valence-electron chi connectivity index (χ0n) is 15.3. The second-order valence-corrected chi connectivity index (χ2v) is 7.45. The molecule has 2 radical (unpaired) electrons. The molecule has 8 heteroatoms. The fourth-order valence-corrected chi connectivity index (χ4v) is 3.91.